The van der Waals surface area contributed by atoms with Crippen LogP contribution < -0.4 is 0 Å². The molecule has 0 amide bonds. The molecule has 0 bridgehead atoms. The van der Waals surface area contributed by atoms with Crippen molar-refractivity contribution in [3.63, 3.8) is 0 Å². The predicted octanol–water partition coefficient (Wildman–Crippen LogP) is 7.32. The quantitative estimate of drug-likeness (QED) is 0.526. The minimum Gasteiger partial charge on any atom is -0.0623 e. The molecule has 3 aliphatic rings. The lowest BCUT2D eigenvalue weighted by Gasteiger charge is -2.40. The van der Waals surface area contributed by atoms with E-state index in [1.807, 2.05) is 0 Å². The van der Waals surface area contributed by atoms with E-state index in [-0.39, 0.29) is 10.8 Å². The molecule has 0 heterocycles. The first-order valence-corrected chi connectivity index (χ1v) is 10.4. The van der Waals surface area contributed by atoms with Gasteiger partial charge in [0.05, 0.1) is 0 Å². The zero-order chi connectivity index (χ0) is 18.9. The molecule has 1 atom stereocenters. The summed E-state index contributed by atoms with van der Waals surface area (Å²) in [6.45, 7) is 16.7. The van der Waals surface area contributed by atoms with Gasteiger partial charge in [-0.05, 0) is 100 Å². The lowest BCUT2D eigenvalue weighted by molar-refractivity contribution is 0.345. The van der Waals surface area contributed by atoms with E-state index in [1.165, 1.54) is 48.8 Å². The van der Waals surface area contributed by atoms with Gasteiger partial charge >= 0.3 is 0 Å². The highest BCUT2D eigenvalue weighted by Gasteiger charge is 2.45. The summed E-state index contributed by atoms with van der Waals surface area (Å²) in [4.78, 5) is 0. The first-order valence-electron chi connectivity index (χ1n) is 10.4. The molecule has 0 radical (unpaired) electrons. The average Bonchev–Trinajstić information content (AvgIpc) is 2.93. The molecule has 0 N–H and O–H groups in total. The summed E-state index contributed by atoms with van der Waals surface area (Å²) in [5, 5.41) is 0. The van der Waals surface area contributed by atoms with E-state index in [4.69, 9.17) is 0 Å². The summed E-state index contributed by atoms with van der Waals surface area (Å²) in [5.74, 6) is 0. The van der Waals surface area contributed by atoms with Gasteiger partial charge in [-0.2, -0.15) is 0 Å². The number of hydrogen-bond donors (Lipinski definition) is 0. The molecule has 4 rings (SSSR count). The van der Waals surface area contributed by atoms with Crippen LogP contribution in [0.5, 0.6) is 0 Å². The van der Waals surface area contributed by atoms with Gasteiger partial charge in [0.15, 0.2) is 0 Å². The highest BCUT2D eigenvalue weighted by atomic mass is 14.5. The molecule has 0 aromatic heterocycles. The van der Waals surface area contributed by atoms with Crippen molar-refractivity contribution in [1.82, 2.24) is 0 Å². The number of hydrogen-bond acceptors (Lipinski definition) is 0. The SMILES string of the molecule is CC1=Cc2cc3c(cc2C1(C)CC1(C)C(C)=C(C)C(C)=C1C)CCCC3. The van der Waals surface area contributed by atoms with Gasteiger partial charge in [-0.3, -0.25) is 0 Å². The molecule has 138 valence electrons. The van der Waals surface area contributed by atoms with Gasteiger partial charge < -0.3 is 0 Å². The molecule has 0 nitrogen and oxygen atoms in total. The van der Waals surface area contributed by atoms with Crippen LogP contribution >= 0.6 is 0 Å². The second-order valence-electron chi connectivity index (χ2n) is 9.58. The Labute approximate surface area is 160 Å². The Morgan fingerprint density at radius 1 is 0.769 bits per heavy atom. The van der Waals surface area contributed by atoms with Crippen molar-refractivity contribution < 1.29 is 0 Å². The van der Waals surface area contributed by atoms with Gasteiger partial charge in [0, 0.05) is 10.8 Å². The maximum atomic E-state index is 2.58. The fourth-order valence-corrected chi connectivity index (χ4v) is 5.89. The molecule has 0 fully saturated rings. The summed E-state index contributed by atoms with van der Waals surface area (Å²) in [5.41, 5.74) is 14.3. The van der Waals surface area contributed by atoms with Crippen LogP contribution in [-0.2, 0) is 18.3 Å². The molecular weight excluding hydrogens is 312 g/mol. The van der Waals surface area contributed by atoms with Crippen LogP contribution in [0.15, 0.2) is 40.0 Å². The van der Waals surface area contributed by atoms with E-state index >= 15 is 0 Å². The lowest BCUT2D eigenvalue weighted by Crippen LogP contribution is -2.32. The zero-order valence-electron chi connectivity index (χ0n) is 17.8. The monoisotopic (exact) mass is 346 g/mol. The van der Waals surface area contributed by atoms with Crippen LogP contribution in [0.4, 0.5) is 0 Å². The van der Waals surface area contributed by atoms with Gasteiger partial charge in [-0.25, -0.2) is 0 Å². The Kier molecular flexibility index (Phi) is 3.92. The second-order valence-corrected chi connectivity index (χ2v) is 9.58. The standard InChI is InChI=1S/C26H34/c1-16-12-23-13-21-10-8-9-11-22(21)14-24(23)25(16,6)15-26(7)19(4)17(2)18(3)20(26)5/h12-14H,8-11,15H2,1-7H3. The summed E-state index contributed by atoms with van der Waals surface area (Å²) in [6, 6.07) is 5.09. The van der Waals surface area contributed by atoms with E-state index in [0.717, 1.165) is 0 Å². The number of benzene rings is 1. The highest BCUT2D eigenvalue weighted by Crippen LogP contribution is 2.56. The number of aryl methyl sites for hydroxylation is 2. The third-order valence-corrected chi connectivity index (χ3v) is 8.40. The second kappa shape index (κ2) is 5.72. The van der Waals surface area contributed by atoms with Crippen LogP contribution in [0, 0.1) is 5.41 Å². The predicted molar refractivity (Wildman–Crippen MR) is 114 cm³/mol. The van der Waals surface area contributed by atoms with Gasteiger partial charge in [-0.15, -0.1) is 0 Å². The smallest absolute Gasteiger partial charge is 0.0151 e. The summed E-state index contributed by atoms with van der Waals surface area (Å²) < 4.78 is 0. The van der Waals surface area contributed by atoms with Crippen molar-refractivity contribution in [3.8, 4) is 0 Å². The molecule has 0 saturated heterocycles. The topological polar surface area (TPSA) is 0 Å². The summed E-state index contributed by atoms with van der Waals surface area (Å²) >= 11 is 0. The molecular formula is C26H34. The van der Waals surface area contributed by atoms with E-state index < -0.39 is 0 Å². The van der Waals surface area contributed by atoms with Gasteiger partial charge in [0.25, 0.3) is 0 Å². The molecule has 3 aliphatic carbocycles. The van der Waals surface area contributed by atoms with Gasteiger partial charge in [0.1, 0.15) is 0 Å². The van der Waals surface area contributed by atoms with Gasteiger partial charge in [0.2, 0.25) is 0 Å². The highest BCUT2D eigenvalue weighted by molar-refractivity contribution is 5.71. The van der Waals surface area contributed by atoms with E-state index in [1.54, 1.807) is 33.4 Å². The maximum absolute atomic E-state index is 2.58. The number of rotatable bonds is 2. The third kappa shape index (κ3) is 2.27. The first-order chi connectivity index (χ1) is 12.2. The first kappa shape index (κ1) is 17.8. The molecule has 0 saturated carbocycles. The molecule has 1 unspecified atom stereocenters. The zero-order valence-corrected chi connectivity index (χ0v) is 17.8. The van der Waals surface area contributed by atoms with Crippen molar-refractivity contribution in [3.05, 3.63) is 62.3 Å². The fraction of sp³-hybridized carbons (Fsp3) is 0.538. The van der Waals surface area contributed by atoms with E-state index in [2.05, 4.69) is 66.7 Å². The fourth-order valence-electron chi connectivity index (χ4n) is 5.89. The molecule has 26 heavy (non-hydrogen) atoms. The van der Waals surface area contributed by atoms with E-state index in [9.17, 15) is 0 Å². The van der Waals surface area contributed by atoms with Crippen molar-refractivity contribution in [2.75, 3.05) is 0 Å². The van der Waals surface area contributed by atoms with Crippen LogP contribution in [0.3, 0.4) is 0 Å². The van der Waals surface area contributed by atoms with Crippen LogP contribution in [0.25, 0.3) is 6.08 Å². The largest absolute Gasteiger partial charge is 0.0623 e. The minimum atomic E-state index is 0.143. The lowest BCUT2D eigenvalue weighted by atomic mass is 9.63. The Morgan fingerprint density at radius 3 is 1.88 bits per heavy atom. The van der Waals surface area contributed by atoms with Crippen LogP contribution in [0.2, 0.25) is 0 Å². The van der Waals surface area contributed by atoms with E-state index in [0.29, 0.717) is 0 Å². The van der Waals surface area contributed by atoms with Gasteiger partial charge in [-0.1, -0.05) is 48.8 Å². The van der Waals surface area contributed by atoms with Crippen LogP contribution in [-0.4, -0.2) is 0 Å². The molecule has 0 heteroatoms. The van der Waals surface area contributed by atoms with Crippen molar-refractivity contribution >= 4 is 6.08 Å². The Balaban J connectivity index is 1.81. The van der Waals surface area contributed by atoms with Crippen LogP contribution in [0.1, 0.15) is 90.0 Å². The van der Waals surface area contributed by atoms with Crippen molar-refractivity contribution in [2.24, 2.45) is 5.41 Å². The average molecular weight is 347 g/mol. The Bertz CT molecular complexity index is 863. The van der Waals surface area contributed by atoms with Crippen molar-refractivity contribution in [2.45, 2.75) is 86.0 Å². The normalized spacial score (nSPS) is 27.0. The Hall–Kier alpha value is -1.56. The summed E-state index contributed by atoms with van der Waals surface area (Å²) in [7, 11) is 0. The molecule has 0 spiro atoms. The molecule has 1 aromatic carbocycles. The maximum Gasteiger partial charge on any atom is 0.0151 e. The third-order valence-electron chi connectivity index (χ3n) is 8.40. The van der Waals surface area contributed by atoms with Crippen molar-refractivity contribution in [1.29, 1.82) is 0 Å². The molecule has 1 aromatic rings. The molecule has 0 aliphatic heterocycles. The number of fused-ring (bicyclic) bond motifs is 2. The summed E-state index contributed by atoms with van der Waals surface area (Å²) in [6.07, 6.45) is 8.91. The minimum absolute atomic E-state index is 0.143. The number of allylic oxidation sites excluding steroid dienone is 5. The Morgan fingerprint density at radius 2 is 1.31 bits per heavy atom.